The Kier molecular flexibility index (Phi) is 11.7. The van der Waals surface area contributed by atoms with Crippen LogP contribution in [0.2, 0.25) is 0 Å². The van der Waals surface area contributed by atoms with Gasteiger partial charge in [0.05, 0.1) is 6.61 Å². The highest BCUT2D eigenvalue weighted by Crippen LogP contribution is 1.99. The van der Waals surface area contributed by atoms with Crippen LogP contribution in [0, 0.1) is 0 Å². The van der Waals surface area contributed by atoms with E-state index < -0.39 is 0 Å². The molecule has 3 nitrogen and oxygen atoms in total. The highest BCUT2D eigenvalue weighted by Gasteiger charge is 1.98. The quantitative estimate of drug-likeness (QED) is 0.429. The topological polar surface area (TPSA) is 43.4 Å². The SMILES string of the molecule is CCCCCC(=O)OCC.O=CCc1ccccc1. The van der Waals surface area contributed by atoms with Crippen LogP contribution < -0.4 is 0 Å². The van der Waals surface area contributed by atoms with Gasteiger partial charge in [0.2, 0.25) is 0 Å². The minimum absolute atomic E-state index is 0.0593. The van der Waals surface area contributed by atoms with Crippen molar-refractivity contribution in [3.8, 4) is 0 Å². The molecule has 0 unspecified atom stereocenters. The summed E-state index contributed by atoms with van der Waals surface area (Å²) < 4.78 is 4.75. The first-order valence-corrected chi connectivity index (χ1v) is 6.87. The first-order chi connectivity index (χ1) is 9.24. The van der Waals surface area contributed by atoms with Gasteiger partial charge in [0.15, 0.2) is 0 Å². The van der Waals surface area contributed by atoms with E-state index in [1.54, 1.807) is 0 Å². The van der Waals surface area contributed by atoms with Crippen molar-refractivity contribution in [1.82, 2.24) is 0 Å². The Hall–Kier alpha value is -1.64. The molecule has 1 rings (SSSR count). The Morgan fingerprint density at radius 1 is 1.16 bits per heavy atom. The molecule has 0 amide bonds. The highest BCUT2D eigenvalue weighted by molar-refractivity contribution is 5.69. The largest absolute Gasteiger partial charge is 0.466 e. The Labute approximate surface area is 116 Å². The van der Waals surface area contributed by atoms with Crippen LogP contribution in [0.25, 0.3) is 0 Å². The molecule has 0 atom stereocenters. The second-order valence-electron chi connectivity index (χ2n) is 4.12. The Morgan fingerprint density at radius 3 is 2.37 bits per heavy atom. The number of ether oxygens (including phenoxy) is 1. The number of carbonyl (C=O) groups is 2. The zero-order valence-electron chi connectivity index (χ0n) is 11.9. The Morgan fingerprint density at radius 2 is 1.84 bits per heavy atom. The first-order valence-electron chi connectivity index (χ1n) is 6.87. The van der Waals surface area contributed by atoms with Crippen molar-refractivity contribution in [3.63, 3.8) is 0 Å². The Balaban J connectivity index is 0.000000342. The molecule has 0 saturated heterocycles. The zero-order chi connectivity index (χ0) is 14.3. The van der Waals surface area contributed by atoms with Gasteiger partial charge in [-0.05, 0) is 18.9 Å². The summed E-state index contributed by atoms with van der Waals surface area (Å²) in [5.41, 5.74) is 1.08. The monoisotopic (exact) mass is 264 g/mol. The van der Waals surface area contributed by atoms with Crippen LogP contribution in [-0.2, 0) is 20.7 Å². The highest BCUT2D eigenvalue weighted by atomic mass is 16.5. The molecule has 0 aliphatic carbocycles. The van der Waals surface area contributed by atoms with E-state index in [0.717, 1.165) is 31.1 Å². The number of rotatable bonds is 7. The van der Waals surface area contributed by atoms with Crippen molar-refractivity contribution >= 4 is 12.3 Å². The van der Waals surface area contributed by atoms with E-state index in [0.29, 0.717) is 19.4 Å². The molecule has 106 valence electrons. The van der Waals surface area contributed by atoms with Gasteiger partial charge in [0.1, 0.15) is 6.29 Å². The van der Waals surface area contributed by atoms with Crippen molar-refractivity contribution in [2.24, 2.45) is 0 Å². The first kappa shape index (κ1) is 17.4. The number of benzene rings is 1. The summed E-state index contributed by atoms with van der Waals surface area (Å²) in [6, 6.07) is 9.68. The maximum Gasteiger partial charge on any atom is 0.305 e. The molecule has 0 aromatic heterocycles. The second-order valence-corrected chi connectivity index (χ2v) is 4.12. The lowest BCUT2D eigenvalue weighted by Gasteiger charge is -1.99. The van der Waals surface area contributed by atoms with Crippen LogP contribution in [0.1, 0.15) is 45.1 Å². The molecule has 0 heterocycles. The third-order valence-corrected chi connectivity index (χ3v) is 2.45. The average Bonchev–Trinajstić information content (AvgIpc) is 2.42. The van der Waals surface area contributed by atoms with Gasteiger partial charge in [-0.15, -0.1) is 0 Å². The summed E-state index contributed by atoms with van der Waals surface area (Å²) in [6.07, 6.45) is 5.27. The van der Waals surface area contributed by atoms with E-state index in [1.807, 2.05) is 37.3 Å². The number of unbranched alkanes of at least 4 members (excludes halogenated alkanes) is 2. The van der Waals surface area contributed by atoms with Crippen molar-refractivity contribution in [1.29, 1.82) is 0 Å². The van der Waals surface area contributed by atoms with Gasteiger partial charge in [-0.2, -0.15) is 0 Å². The van der Waals surface area contributed by atoms with Gasteiger partial charge in [0.25, 0.3) is 0 Å². The number of aldehydes is 1. The summed E-state index contributed by atoms with van der Waals surface area (Å²) in [7, 11) is 0. The lowest BCUT2D eigenvalue weighted by Crippen LogP contribution is -2.02. The molecule has 0 fully saturated rings. The van der Waals surface area contributed by atoms with Crippen molar-refractivity contribution in [2.45, 2.75) is 46.0 Å². The third kappa shape index (κ3) is 11.2. The van der Waals surface area contributed by atoms with Crippen LogP contribution in [0.3, 0.4) is 0 Å². The Bertz CT molecular complexity index is 333. The molecule has 0 aliphatic rings. The van der Waals surface area contributed by atoms with Gasteiger partial charge < -0.3 is 9.53 Å². The summed E-state index contributed by atoms with van der Waals surface area (Å²) in [5.74, 6) is -0.0593. The lowest BCUT2D eigenvalue weighted by atomic mass is 10.2. The fraction of sp³-hybridized carbons (Fsp3) is 0.500. The van der Waals surface area contributed by atoms with E-state index in [4.69, 9.17) is 4.74 Å². The number of hydrogen-bond acceptors (Lipinski definition) is 3. The average molecular weight is 264 g/mol. The van der Waals surface area contributed by atoms with Gasteiger partial charge in [-0.3, -0.25) is 4.79 Å². The van der Waals surface area contributed by atoms with Gasteiger partial charge in [-0.1, -0.05) is 50.1 Å². The van der Waals surface area contributed by atoms with Gasteiger partial charge >= 0.3 is 5.97 Å². The van der Waals surface area contributed by atoms with E-state index in [9.17, 15) is 9.59 Å². The molecule has 0 spiro atoms. The molecule has 3 heteroatoms. The predicted octanol–water partition coefficient (Wildman–Crippen LogP) is 3.56. The molecule has 0 saturated carbocycles. The third-order valence-electron chi connectivity index (χ3n) is 2.45. The van der Waals surface area contributed by atoms with Crippen molar-refractivity contribution < 1.29 is 14.3 Å². The minimum Gasteiger partial charge on any atom is -0.466 e. The van der Waals surface area contributed by atoms with Crippen LogP contribution in [0.15, 0.2) is 30.3 Å². The fourth-order valence-corrected chi connectivity index (χ4v) is 1.46. The molecular weight excluding hydrogens is 240 g/mol. The summed E-state index contributed by atoms with van der Waals surface area (Å²) >= 11 is 0. The molecule has 1 aromatic rings. The number of carbonyl (C=O) groups excluding carboxylic acids is 2. The second kappa shape index (κ2) is 12.8. The number of hydrogen-bond donors (Lipinski definition) is 0. The fourth-order valence-electron chi connectivity index (χ4n) is 1.46. The van der Waals surface area contributed by atoms with Crippen LogP contribution in [-0.4, -0.2) is 18.9 Å². The zero-order valence-corrected chi connectivity index (χ0v) is 11.9. The minimum atomic E-state index is -0.0593. The maximum absolute atomic E-state index is 10.7. The molecule has 1 aromatic carbocycles. The molecular formula is C16H24O3. The molecule has 19 heavy (non-hydrogen) atoms. The van der Waals surface area contributed by atoms with E-state index in [2.05, 4.69) is 6.92 Å². The lowest BCUT2D eigenvalue weighted by molar-refractivity contribution is -0.143. The standard InChI is InChI=1S/C8H16O2.C8H8O/c1-3-5-6-7-8(9)10-4-2;9-7-6-8-4-2-1-3-5-8/h3-7H2,1-2H3;1-5,7H,6H2. The molecule has 0 radical (unpaired) electrons. The summed E-state index contributed by atoms with van der Waals surface area (Å²) in [6.45, 7) is 4.45. The summed E-state index contributed by atoms with van der Waals surface area (Å²) in [4.78, 5) is 20.7. The molecule has 0 bridgehead atoms. The van der Waals surface area contributed by atoms with Gasteiger partial charge in [0, 0.05) is 12.8 Å². The van der Waals surface area contributed by atoms with E-state index in [-0.39, 0.29) is 5.97 Å². The van der Waals surface area contributed by atoms with Crippen LogP contribution in [0.4, 0.5) is 0 Å². The van der Waals surface area contributed by atoms with Crippen LogP contribution in [0.5, 0.6) is 0 Å². The maximum atomic E-state index is 10.7. The predicted molar refractivity (Wildman–Crippen MR) is 77.0 cm³/mol. The molecule has 0 aliphatic heterocycles. The van der Waals surface area contributed by atoms with Gasteiger partial charge in [-0.25, -0.2) is 0 Å². The number of esters is 1. The summed E-state index contributed by atoms with van der Waals surface area (Å²) in [5, 5.41) is 0. The van der Waals surface area contributed by atoms with Crippen molar-refractivity contribution in [2.75, 3.05) is 6.61 Å². The molecule has 0 N–H and O–H groups in total. The van der Waals surface area contributed by atoms with Crippen molar-refractivity contribution in [3.05, 3.63) is 35.9 Å². The smallest absolute Gasteiger partial charge is 0.305 e. The normalized spacial score (nSPS) is 9.16. The van der Waals surface area contributed by atoms with Crippen LogP contribution >= 0.6 is 0 Å². The van der Waals surface area contributed by atoms with E-state index in [1.165, 1.54) is 0 Å². The van der Waals surface area contributed by atoms with E-state index >= 15 is 0 Å².